The maximum Gasteiger partial charge on any atom is 0.191 e. The Morgan fingerprint density at radius 3 is 2.48 bits per heavy atom. The minimum Gasteiger partial charge on any atom is -0.356 e. The van der Waals surface area contributed by atoms with Gasteiger partial charge in [-0.05, 0) is 37.9 Å². The molecule has 0 aliphatic carbocycles. The lowest BCUT2D eigenvalue weighted by Gasteiger charge is -2.29. The normalized spacial score (nSPS) is 16.7. The molecule has 1 aromatic rings. The molecule has 0 spiro atoms. The van der Waals surface area contributed by atoms with E-state index >= 15 is 0 Å². The summed E-state index contributed by atoms with van der Waals surface area (Å²) in [6, 6.07) is 11.2. The fourth-order valence-electron chi connectivity index (χ4n) is 2.98. The second-order valence-electron chi connectivity index (χ2n) is 5.90. The van der Waals surface area contributed by atoms with Crippen LogP contribution in [0.5, 0.6) is 0 Å². The van der Waals surface area contributed by atoms with Gasteiger partial charge in [-0.1, -0.05) is 43.7 Å². The van der Waals surface area contributed by atoms with Gasteiger partial charge in [-0.2, -0.15) is 0 Å². The Labute approximate surface area is 158 Å². The Morgan fingerprint density at radius 1 is 1.17 bits per heavy atom. The molecule has 1 saturated heterocycles. The highest BCUT2D eigenvalue weighted by atomic mass is 127. The van der Waals surface area contributed by atoms with Gasteiger partial charge in [0.05, 0.1) is 6.04 Å². The van der Waals surface area contributed by atoms with Crippen LogP contribution >= 0.6 is 24.0 Å². The molecule has 1 unspecified atom stereocenters. The predicted octanol–water partition coefficient (Wildman–Crippen LogP) is 3.41. The highest BCUT2D eigenvalue weighted by molar-refractivity contribution is 14.0. The van der Waals surface area contributed by atoms with Crippen LogP contribution < -0.4 is 10.6 Å². The van der Waals surface area contributed by atoms with Crippen molar-refractivity contribution in [2.45, 2.75) is 38.6 Å². The third kappa shape index (κ3) is 6.67. The molecule has 1 aliphatic heterocycles. The third-order valence-electron chi connectivity index (χ3n) is 4.28. The Bertz CT molecular complexity index is 444. The van der Waals surface area contributed by atoms with Crippen LogP contribution in [0.2, 0.25) is 0 Å². The number of rotatable bonds is 7. The molecule has 0 aromatic heterocycles. The first kappa shape index (κ1) is 20.2. The lowest BCUT2D eigenvalue weighted by molar-refractivity contribution is 0.245. The summed E-state index contributed by atoms with van der Waals surface area (Å²) in [5, 5.41) is 6.89. The van der Waals surface area contributed by atoms with E-state index in [1.165, 1.54) is 44.3 Å². The Kier molecular flexibility index (Phi) is 10.3. The molecule has 5 heteroatoms. The van der Waals surface area contributed by atoms with Crippen LogP contribution in [0.25, 0.3) is 0 Å². The minimum absolute atomic E-state index is 0. The van der Waals surface area contributed by atoms with Crippen molar-refractivity contribution in [1.29, 1.82) is 0 Å². The number of nitrogens with zero attached hydrogens (tertiary/aromatic N) is 2. The van der Waals surface area contributed by atoms with Crippen LogP contribution in [0, 0.1) is 0 Å². The van der Waals surface area contributed by atoms with Gasteiger partial charge in [0.25, 0.3) is 0 Å². The second-order valence-corrected chi connectivity index (χ2v) is 5.90. The average molecular weight is 430 g/mol. The summed E-state index contributed by atoms with van der Waals surface area (Å²) >= 11 is 0. The minimum atomic E-state index is 0. The fraction of sp³-hybridized carbons (Fsp3) is 0.611. The molecule has 0 saturated carbocycles. The Hall–Kier alpha value is -0.820. The van der Waals surface area contributed by atoms with Crippen molar-refractivity contribution >= 4 is 29.9 Å². The molecule has 23 heavy (non-hydrogen) atoms. The van der Waals surface area contributed by atoms with Crippen LogP contribution in [-0.4, -0.2) is 44.1 Å². The van der Waals surface area contributed by atoms with Crippen molar-refractivity contribution in [3.05, 3.63) is 35.9 Å². The first-order valence-corrected chi connectivity index (χ1v) is 8.58. The summed E-state index contributed by atoms with van der Waals surface area (Å²) in [6.07, 6.45) is 5.00. The summed E-state index contributed by atoms with van der Waals surface area (Å²) < 4.78 is 0. The Morgan fingerprint density at radius 2 is 1.87 bits per heavy atom. The summed E-state index contributed by atoms with van der Waals surface area (Å²) in [5.41, 5.74) is 1.39. The molecular weight excluding hydrogens is 399 g/mol. The molecule has 0 amide bonds. The van der Waals surface area contributed by atoms with E-state index in [9.17, 15) is 0 Å². The topological polar surface area (TPSA) is 39.7 Å². The van der Waals surface area contributed by atoms with Crippen molar-refractivity contribution in [3.63, 3.8) is 0 Å². The van der Waals surface area contributed by atoms with E-state index in [1.807, 2.05) is 7.05 Å². The maximum atomic E-state index is 4.33. The number of guanidine groups is 1. The van der Waals surface area contributed by atoms with Gasteiger partial charge in [-0.3, -0.25) is 9.89 Å². The first-order valence-electron chi connectivity index (χ1n) is 8.58. The van der Waals surface area contributed by atoms with Crippen LogP contribution in [0.15, 0.2) is 35.3 Å². The van der Waals surface area contributed by atoms with Crippen LogP contribution in [0.1, 0.15) is 44.2 Å². The van der Waals surface area contributed by atoms with Crippen LogP contribution in [-0.2, 0) is 0 Å². The Balaban J connectivity index is 0.00000264. The van der Waals surface area contributed by atoms with E-state index < -0.39 is 0 Å². The highest BCUT2D eigenvalue weighted by Crippen LogP contribution is 2.24. The van der Waals surface area contributed by atoms with E-state index in [-0.39, 0.29) is 24.0 Å². The number of hydrogen-bond acceptors (Lipinski definition) is 2. The van der Waals surface area contributed by atoms with Gasteiger partial charge >= 0.3 is 0 Å². The number of nitrogens with one attached hydrogen (secondary N) is 2. The van der Waals surface area contributed by atoms with Crippen LogP contribution in [0.3, 0.4) is 0 Å². The van der Waals surface area contributed by atoms with E-state index in [2.05, 4.69) is 57.8 Å². The van der Waals surface area contributed by atoms with Gasteiger partial charge in [0.1, 0.15) is 0 Å². The first-order chi connectivity index (χ1) is 10.8. The number of halogens is 1. The summed E-state index contributed by atoms with van der Waals surface area (Å²) in [6.45, 7) is 6.48. The smallest absolute Gasteiger partial charge is 0.191 e. The summed E-state index contributed by atoms with van der Waals surface area (Å²) in [5.74, 6) is 0.911. The average Bonchev–Trinajstić information content (AvgIpc) is 3.09. The van der Waals surface area contributed by atoms with E-state index in [0.29, 0.717) is 6.04 Å². The van der Waals surface area contributed by atoms with Crippen molar-refractivity contribution < 1.29 is 0 Å². The molecule has 130 valence electrons. The molecular formula is C18H31IN4. The maximum absolute atomic E-state index is 4.33. The molecule has 1 aromatic carbocycles. The molecule has 1 atom stereocenters. The lowest BCUT2D eigenvalue weighted by atomic mass is 10.1. The summed E-state index contributed by atoms with van der Waals surface area (Å²) in [7, 11) is 1.84. The number of unbranched alkanes of at least 4 members (excludes halogenated alkanes) is 1. The van der Waals surface area contributed by atoms with E-state index in [1.54, 1.807) is 0 Å². The van der Waals surface area contributed by atoms with Crippen molar-refractivity contribution in [2.24, 2.45) is 4.99 Å². The molecule has 0 radical (unpaired) electrons. The van der Waals surface area contributed by atoms with Gasteiger partial charge in [0.15, 0.2) is 5.96 Å². The molecule has 0 bridgehead atoms. The number of benzene rings is 1. The molecule has 2 N–H and O–H groups in total. The number of hydrogen-bond donors (Lipinski definition) is 2. The zero-order valence-electron chi connectivity index (χ0n) is 14.4. The van der Waals surface area contributed by atoms with Crippen LogP contribution in [0.4, 0.5) is 0 Å². The zero-order chi connectivity index (χ0) is 15.6. The SMILES string of the molecule is CCCCNC(=NC)NCC(c1ccccc1)N1CCCC1.I. The van der Waals surface area contributed by atoms with Crippen molar-refractivity contribution in [1.82, 2.24) is 15.5 Å². The highest BCUT2D eigenvalue weighted by Gasteiger charge is 2.23. The molecule has 2 rings (SSSR count). The quantitative estimate of drug-likeness (QED) is 0.302. The zero-order valence-corrected chi connectivity index (χ0v) is 16.8. The second kappa shape index (κ2) is 11.7. The predicted molar refractivity (Wildman–Crippen MR) is 110 cm³/mol. The monoisotopic (exact) mass is 430 g/mol. The standard InChI is InChI=1S/C18H30N4.HI/c1-3-4-12-20-18(19-2)21-15-17(22-13-8-9-14-22)16-10-6-5-7-11-16;/h5-7,10-11,17H,3-4,8-9,12-15H2,1-2H3,(H2,19,20,21);1H. The fourth-order valence-corrected chi connectivity index (χ4v) is 2.98. The largest absolute Gasteiger partial charge is 0.356 e. The number of aliphatic imine (C=N–C) groups is 1. The lowest BCUT2D eigenvalue weighted by Crippen LogP contribution is -2.42. The van der Waals surface area contributed by atoms with Gasteiger partial charge in [-0.25, -0.2) is 0 Å². The molecule has 1 fully saturated rings. The molecule has 1 aliphatic rings. The van der Waals surface area contributed by atoms with Crippen molar-refractivity contribution in [2.75, 3.05) is 33.2 Å². The summed E-state index contributed by atoms with van der Waals surface area (Å²) in [4.78, 5) is 6.91. The van der Waals surface area contributed by atoms with E-state index in [0.717, 1.165) is 19.0 Å². The molecule has 4 nitrogen and oxygen atoms in total. The van der Waals surface area contributed by atoms with Gasteiger partial charge in [-0.15, -0.1) is 24.0 Å². The third-order valence-corrected chi connectivity index (χ3v) is 4.28. The number of likely N-dealkylation sites (tertiary alicyclic amines) is 1. The van der Waals surface area contributed by atoms with Gasteiger partial charge in [0.2, 0.25) is 0 Å². The molecule has 1 heterocycles. The van der Waals surface area contributed by atoms with Gasteiger partial charge in [0, 0.05) is 20.1 Å². The van der Waals surface area contributed by atoms with Crippen molar-refractivity contribution in [3.8, 4) is 0 Å². The van der Waals surface area contributed by atoms with E-state index in [4.69, 9.17) is 0 Å². The van der Waals surface area contributed by atoms with Gasteiger partial charge < -0.3 is 10.6 Å².